The largest absolute Gasteiger partial charge is 0.376 e. The Balaban J connectivity index is 1.86. The highest BCUT2D eigenvalue weighted by atomic mass is 16.5. The monoisotopic (exact) mass is 337 g/mol. The van der Waals surface area contributed by atoms with Crippen molar-refractivity contribution in [2.75, 3.05) is 13.2 Å². The number of carbonyl (C=O) groups is 1. The second-order valence-electron chi connectivity index (χ2n) is 6.85. The lowest BCUT2D eigenvalue weighted by Crippen LogP contribution is -2.46. The van der Waals surface area contributed by atoms with Crippen molar-refractivity contribution in [1.29, 1.82) is 0 Å². The van der Waals surface area contributed by atoms with Crippen molar-refractivity contribution in [2.45, 2.75) is 38.3 Å². The zero-order chi connectivity index (χ0) is 17.4. The van der Waals surface area contributed by atoms with Crippen molar-refractivity contribution in [2.24, 2.45) is 5.73 Å². The Morgan fingerprint density at radius 1 is 1.32 bits per heavy atom. The molecule has 2 aliphatic heterocycles. The third-order valence-electron chi connectivity index (χ3n) is 5.47. The highest BCUT2D eigenvalue weighted by molar-refractivity contribution is 5.73. The lowest BCUT2D eigenvalue weighted by atomic mass is 9.80. The van der Waals surface area contributed by atoms with Gasteiger partial charge in [0.05, 0.1) is 19.3 Å². The van der Waals surface area contributed by atoms with E-state index in [1.54, 1.807) is 4.90 Å². The number of primary amides is 1. The number of nitrogens with zero attached hydrogens (tertiary/aromatic N) is 2. The smallest absolute Gasteiger partial charge is 0.315 e. The van der Waals surface area contributed by atoms with E-state index in [4.69, 9.17) is 15.5 Å². The van der Waals surface area contributed by atoms with Gasteiger partial charge in [-0.05, 0) is 23.1 Å². The van der Waals surface area contributed by atoms with E-state index in [0.717, 1.165) is 30.7 Å². The van der Waals surface area contributed by atoms with Crippen LogP contribution in [0.5, 0.6) is 0 Å². The summed E-state index contributed by atoms with van der Waals surface area (Å²) in [5.41, 5.74) is 11.6. The summed E-state index contributed by atoms with van der Waals surface area (Å²) >= 11 is 0. The standard InChI is InChI=1S/C20H23N3O2/c1-13(14-5-3-2-4-6-14)19-18-16-12-25-10-8-15(16)11-22-17(18)7-9-23(19)20(21)24/h2-6,11,13,19H,7-10,12H2,1H3,(H2,21,24)/t13-,19?/m0/s1. The highest BCUT2D eigenvalue weighted by Gasteiger charge is 2.37. The Morgan fingerprint density at radius 2 is 2.12 bits per heavy atom. The van der Waals surface area contributed by atoms with E-state index in [0.29, 0.717) is 13.2 Å². The molecule has 0 spiro atoms. The molecule has 1 unspecified atom stereocenters. The zero-order valence-corrected chi connectivity index (χ0v) is 14.4. The van der Waals surface area contributed by atoms with Crippen molar-refractivity contribution in [3.05, 3.63) is 64.5 Å². The molecule has 4 rings (SSSR count). The van der Waals surface area contributed by atoms with Crippen LogP contribution in [0.25, 0.3) is 0 Å². The van der Waals surface area contributed by atoms with Crippen LogP contribution >= 0.6 is 0 Å². The number of aromatic nitrogens is 1. The Labute approximate surface area is 147 Å². The van der Waals surface area contributed by atoms with E-state index in [-0.39, 0.29) is 18.0 Å². The van der Waals surface area contributed by atoms with Crippen LogP contribution in [-0.2, 0) is 24.2 Å². The second-order valence-corrected chi connectivity index (χ2v) is 6.85. The number of amides is 2. The number of nitrogens with two attached hydrogens (primary N) is 1. The Bertz CT molecular complexity index is 791. The summed E-state index contributed by atoms with van der Waals surface area (Å²) in [5, 5.41) is 0. The summed E-state index contributed by atoms with van der Waals surface area (Å²) in [6.07, 6.45) is 3.60. The summed E-state index contributed by atoms with van der Waals surface area (Å²) in [6.45, 7) is 4.08. The molecule has 0 saturated carbocycles. The van der Waals surface area contributed by atoms with Crippen molar-refractivity contribution in [3.8, 4) is 0 Å². The fraction of sp³-hybridized carbons (Fsp3) is 0.400. The summed E-state index contributed by atoms with van der Waals surface area (Å²) in [7, 11) is 0. The maximum atomic E-state index is 12.2. The van der Waals surface area contributed by atoms with Gasteiger partial charge in [-0.2, -0.15) is 0 Å². The maximum Gasteiger partial charge on any atom is 0.315 e. The van der Waals surface area contributed by atoms with Crippen LogP contribution in [0.2, 0.25) is 0 Å². The van der Waals surface area contributed by atoms with E-state index in [1.165, 1.54) is 16.7 Å². The Hall–Kier alpha value is -2.40. The van der Waals surface area contributed by atoms with Crippen molar-refractivity contribution in [1.82, 2.24) is 9.88 Å². The molecule has 0 bridgehead atoms. The summed E-state index contributed by atoms with van der Waals surface area (Å²) in [6, 6.07) is 9.82. The van der Waals surface area contributed by atoms with E-state index < -0.39 is 0 Å². The summed E-state index contributed by atoms with van der Waals surface area (Å²) in [4.78, 5) is 18.7. The molecule has 2 atom stereocenters. The van der Waals surface area contributed by atoms with Gasteiger partial charge in [-0.15, -0.1) is 0 Å². The van der Waals surface area contributed by atoms with Crippen LogP contribution in [0.1, 0.15) is 46.8 Å². The average Bonchev–Trinajstić information content (AvgIpc) is 2.66. The molecule has 0 aliphatic carbocycles. The zero-order valence-electron chi connectivity index (χ0n) is 14.4. The molecule has 1 aromatic heterocycles. The van der Waals surface area contributed by atoms with Crippen LogP contribution in [0.3, 0.4) is 0 Å². The number of rotatable bonds is 2. The Kier molecular flexibility index (Phi) is 4.17. The van der Waals surface area contributed by atoms with Gasteiger partial charge in [-0.3, -0.25) is 4.98 Å². The number of hydrogen-bond acceptors (Lipinski definition) is 3. The summed E-state index contributed by atoms with van der Waals surface area (Å²) in [5.74, 6) is 0.128. The molecular weight excluding hydrogens is 314 g/mol. The van der Waals surface area contributed by atoms with Crippen molar-refractivity contribution >= 4 is 6.03 Å². The van der Waals surface area contributed by atoms with Gasteiger partial charge in [0.25, 0.3) is 0 Å². The Morgan fingerprint density at radius 3 is 2.88 bits per heavy atom. The number of hydrogen-bond donors (Lipinski definition) is 1. The van der Waals surface area contributed by atoms with E-state index in [1.807, 2.05) is 24.4 Å². The highest BCUT2D eigenvalue weighted by Crippen LogP contribution is 2.42. The first kappa shape index (κ1) is 16.1. The van der Waals surface area contributed by atoms with Crippen LogP contribution in [0.15, 0.2) is 36.5 Å². The average molecular weight is 337 g/mol. The SMILES string of the molecule is C[C@@H](c1ccccc1)C1c2c(ncc3c2COCC3)CCN1C(N)=O. The van der Waals surface area contributed by atoms with Gasteiger partial charge >= 0.3 is 6.03 Å². The van der Waals surface area contributed by atoms with E-state index in [9.17, 15) is 4.79 Å². The lowest BCUT2D eigenvalue weighted by Gasteiger charge is -2.41. The molecule has 0 radical (unpaired) electrons. The second kappa shape index (κ2) is 6.48. The molecule has 5 heteroatoms. The molecule has 2 amide bonds. The summed E-state index contributed by atoms with van der Waals surface area (Å²) < 4.78 is 5.73. The van der Waals surface area contributed by atoms with Crippen LogP contribution in [0, 0.1) is 0 Å². The molecule has 0 saturated heterocycles. The van der Waals surface area contributed by atoms with Gasteiger partial charge in [0.15, 0.2) is 0 Å². The number of benzene rings is 1. The number of pyridine rings is 1. The van der Waals surface area contributed by atoms with Crippen LogP contribution < -0.4 is 5.73 Å². The number of urea groups is 1. The number of ether oxygens (including phenoxy) is 1. The molecule has 2 N–H and O–H groups in total. The number of fused-ring (bicyclic) bond motifs is 3. The fourth-order valence-corrected chi connectivity index (χ4v) is 4.17. The van der Waals surface area contributed by atoms with Gasteiger partial charge in [-0.25, -0.2) is 4.79 Å². The van der Waals surface area contributed by atoms with Crippen LogP contribution in [0.4, 0.5) is 4.79 Å². The third-order valence-corrected chi connectivity index (χ3v) is 5.47. The van der Waals surface area contributed by atoms with Gasteiger partial charge in [-0.1, -0.05) is 37.3 Å². The molecule has 0 fully saturated rings. The van der Waals surface area contributed by atoms with Gasteiger partial charge in [0, 0.05) is 36.3 Å². The minimum Gasteiger partial charge on any atom is -0.376 e. The molecule has 5 nitrogen and oxygen atoms in total. The predicted octanol–water partition coefficient (Wildman–Crippen LogP) is 2.94. The van der Waals surface area contributed by atoms with Gasteiger partial charge in [0.1, 0.15) is 0 Å². The van der Waals surface area contributed by atoms with Gasteiger partial charge < -0.3 is 15.4 Å². The maximum absolute atomic E-state index is 12.2. The van der Waals surface area contributed by atoms with E-state index in [2.05, 4.69) is 19.1 Å². The molecule has 3 heterocycles. The first-order valence-corrected chi connectivity index (χ1v) is 8.85. The minimum absolute atomic E-state index is 0.104. The molecule has 130 valence electrons. The first-order valence-electron chi connectivity index (χ1n) is 8.85. The molecule has 2 aromatic rings. The molecule has 2 aliphatic rings. The predicted molar refractivity (Wildman–Crippen MR) is 95.2 cm³/mol. The van der Waals surface area contributed by atoms with Gasteiger partial charge in [0.2, 0.25) is 0 Å². The first-order chi connectivity index (χ1) is 12.2. The molecule has 25 heavy (non-hydrogen) atoms. The van der Waals surface area contributed by atoms with Crippen molar-refractivity contribution < 1.29 is 9.53 Å². The lowest BCUT2D eigenvalue weighted by molar-refractivity contribution is 0.106. The van der Waals surface area contributed by atoms with Crippen molar-refractivity contribution in [3.63, 3.8) is 0 Å². The topological polar surface area (TPSA) is 68.4 Å². The quantitative estimate of drug-likeness (QED) is 0.916. The molecular formula is C20H23N3O2. The van der Waals surface area contributed by atoms with E-state index >= 15 is 0 Å². The van der Waals surface area contributed by atoms with Crippen LogP contribution in [-0.4, -0.2) is 29.1 Å². The fourth-order valence-electron chi connectivity index (χ4n) is 4.17. The minimum atomic E-state index is -0.368. The third kappa shape index (κ3) is 2.78. The number of carbonyl (C=O) groups excluding carboxylic acids is 1. The normalized spacial score (nSPS) is 20.5. The molecule has 1 aromatic carbocycles.